The second kappa shape index (κ2) is 8.43. The van der Waals surface area contributed by atoms with Gasteiger partial charge in [0.2, 0.25) is 5.91 Å². The first-order valence-corrected chi connectivity index (χ1v) is 14.7. The Morgan fingerprint density at radius 3 is 2.52 bits per heavy atom. The maximum atomic E-state index is 13.2. The molecular weight excluding hydrogens is 518 g/mol. The fourth-order valence-corrected chi connectivity index (χ4v) is 6.51. The van der Waals surface area contributed by atoms with Gasteiger partial charge < -0.3 is 4.43 Å². The number of nitrogens with zero attached hydrogens (tertiary/aromatic N) is 2. The predicted molar refractivity (Wildman–Crippen MR) is 130 cm³/mol. The zero-order valence-corrected chi connectivity index (χ0v) is 21.7. The molecule has 1 aromatic rings. The molecule has 0 spiro atoms. The molecular formula is C21H28FIN2O2SSi. The van der Waals surface area contributed by atoms with Crippen molar-refractivity contribution in [2.45, 2.75) is 64.4 Å². The quantitative estimate of drug-likeness (QED) is 0.247. The summed E-state index contributed by atoms with van der Waals surface area (Å²) in [4.78, 5) is 20.7. The monoisotopic (exact) mass is 546 g/mol. The fourth-order valence-electron chi connectivity index (χ4n) is 3.43. The third-order valence-electron chi connectivity index (χ3n) is 6.07. The molecule has 2 saturated heterocycles. The third-order valence-corrected chi connectivity index (χ3v) is 12.8. The van der Waals surface area contributed by atoms with Crippen LogP contribution in [0.3, 0.4) is 0 Å². The van der Waals surface area contributed by atoms with Crippen LogP contribution < -0.4 is 0 Å². The van der Waals surface area contributed by atoms with E-state index in [0.29, 0.717) is 10.9 Å². The van der Waals surface area contributed by atoms with Crippen molar-refractivity contribution in [1.82, 2.24) is 4.90 Å². The van der Waals surface area contributed by atoms with E-state index in [1.807, 2.05) is 6.92 Å². The third kappa shape index (κ3) is 4.65. The van der Waals surface area contributed by atoms with Gasteiger partial charge in [0.05, 0.1) is 23.8 Å². The van der Waals surface area contributed by atoms with Crippen LogP contribution in [0.25, 0.3) is 0 Å². The van der Waals surface area contributed by atoms with Crippen LogP contribution in [0, 0.1) is 11.7 Å². The van der Waals surface area contributed by atoms with E-state index < -0.39 is 8.32 Å². The van der Waals surface area contributed by atoms with E-state index in [1.165, 1.54) is 28.8 Å². The second-order valence-electron chi connectivity index (χ2n) is 9.14. The standard InChI is InChI=1S/C21H28FIN2O2SSi/c1-13(27-29(5,6)21(2,3)4)18-17-11-16(12-23)28-20(25(17)19(18)26)24-15-9-7-14(22)8-10-15/h7-10,12-13,17-18H,11H2,1-6H3/b16-12+,24-20?/t13-,17-,18-/m1/s1. The number of hydrogen-bond donors (Lipinski definition) is 0. The molecule has 29 heavy (non-hydrogen) atoms. The highest BCUT2D eigenvalue weighted by molar-refractivity contribution is 14.1. The zero-order chi connectivity index (χ0) is 21.6. The van der Waals surface area contributed by atoms with Crippen LogP contribution in [-0.4, -0.2) is 36.4 Å². The molecule has 1 amide bonds. The molecule has 4 nitrogen and oxygen atoms in total. The van der Waals surface area contributed by atoms with Crippen LogP contribution >= 0.6 is 34.4 Å². The number of amides is 1. The number of amidine groups is 1. The van der Waals surface area contributed by atoms with E-state index >= 15 is 0 Å². The number of halogens is 2. The molecule has 158 valence electrons. The molecule has 0 aromatic heterocycles. The Labute approximate surface area is 191 Å². The molecule has 0 N–H and O–H groups in total. The van der Waals surface area contributed by atoms with Crippen molar-refractivity contribution in [3.63, 3.8) is 0 Å². The summed E-state index contributed by atoms with van der Waals surface area (Å²) < 4.78 is 21.8. The first-order valence-electron chi connectivity index (χ1n) is 9.77. The van der Waals surface area contributed by atoms with Crippen LogP contribution in [0.2, 0.25) is 18.1 Å². The van der Waals surface area contributed by atoms with Crippen LogP contribution in [-0.2, 0) is 9.22 Å². The van der Waals surface area contributed by atoms with Crippen molar-refractivity contribution in [2.75, 3.05) is 0 Å². The van der Waals surface area contributed by atoms with Crippen molar-refractivity contribution in [3.05, 3.63) is 39.1 Å². The number of hydrogen-bond acceptors (Lipinski definition) is 4. The minimum atomic E-state index is -1.97. The van der Waals surface area contributed by atoms with Crippen molar-refractivity contribution < 1.29 is 13.6 Å². The molecule has 2 aliphatic rings. The van der Waals surface area contributed by atoms with E-state index in [1.54, 1.807) is 17.0 Å². The van der Waals surface area contributed by atoms with Crippen LogP contribution in [0.4, 0.5) is 10.1 Å². The highest BCUT2D eigenvalue weighted by Crippen LogP contribution is 2.47. The predicted octanol–water partition coefficient (Wildman–Crippen LogP) is 6.46. The summed E-state index contributed by atoms with van der Waals surface area (Å²) in [6, 6.07) is 6.09. The minimum Gasteiger partial charge on any atom is -0.413 e. The molecule has 0 saturated carbocycles. The van der Waals surface area contributed by atoms with E-state index in [9.17, 15) is 9.18 Å². The van der Waals surface area contributed by atoms with Crippen LogP contribution in [0.1, 0.15) is 34.1 Å². The molecule has 1 aromatic carbocycles. The number of aliphatic imine (C=N–C) groups is 1. The largest absolute Gasteiger partial charge is 0.413 e. The van der Waals surface area contributed by atoms with Gasteiger partial charge in [0.15, 0.2) is 13.5 Å². The highest BCUT2D eigenvalue weighted by atomic mass is 127. The molecule has 2 aliphatic heterocycles. The minimum absolute atomic E-state index is 0.0590. The van der Waals surface area contributed by atoms with E-state index in [4.69, 9.17) is 4.43 Å². The Balaban J connectivity index is 1.84. The summed E-state index contributed by atoms with van der Waals surface area (Å²) in [7, 11) is -1.97. The number of thioether (sulfide) groups is 1. The molecule has 0 radical (unpaired) electrons. The number of carbonyl (C=O) groups is 1. The molecule has 2 heterocycles. The zero-order valence-electron chi connectivity index (χ0n) is 17.7. The summed E-state index contributed by atoms with van der Waals surface area (Å²) in [5.41, 5.74) is 0.643. The van der Waals surface area contributed by atoms with E-state index in [2.05, 4.69) is 65.5 Å². The Morgan fingerprint density at radius 1 is 1.34 bits per heavy atom. The molecule has 0 aliphatic carbocycles. The van der Waals surface area contributed by atoms with Gasteiger partial charge in [0.1, 0.15) is 5.82 Å². The lowest BCUT2D eigenvalue weighted by molar-refractivity contribution is -0.154. The molecule has 3 rings (SSSR count). The van der Waals surface area contributed by atoms with Crippen molar-refractivity contribution in [1.29, 1.82) is 0 Å². The van der Waals surface area contributed by atoms with Gasteiger partial charge in [-0.05, 0) is 53.4 Å². The molecule has 0 bridgehead atoms. The van der Waals surface area contributed by atoms with Crippen molar-refractivity contribution >= 4 is 59.4 Å². The van der Waals surface area contributed by atoms with Gasteiger partial charge in [0, 0.05) is 11.3 Å². The first kappa shape index (κ1) is 23.0. The average molecular weight is 547 g/mol. The summed E-state index contributed by atoms with van der Waals surface area (Å²) in [6.07, 6.45) is 0.688. The Hall–Kier alpha value is -0.713. The lowest BCUT2D eigenvalue weighted by atomic mass is 9.81. The number of rotatable bonds is 4. The molecule has 3 atom stereocenters. The fraction of sp³-hybridized carbons (Fsp3) is 0.524. The van der Waals surface area contributed by atoms with E-state index in [0.717, 1.165) is 6.42 Å². The SMILES string of the molecule is C[C@@H](O[Si](C)(C)C(C)(C)C)[C@H]1C(=O)N2C(=Nc3ccc(F)cc3)S/C(=C/I)C[C@H]12. The molecule has 8 heteroatoms. The Morgan fingerprint density at radius 2 is 1.97 bits per heavy atom. The lowest BCUT2D eigenvalue weighted by Gasteiger charge is -2.53. The van der Waals surface area contributed by atoms with Gasteiger partial charge in [-0.25, -0.2) is 9.38 Å². The maximum absolute atomic E-state index is 13.2. The summed E-state index contributed by atoms with van der Waals surface area (Å²) in [5.74, 6) is -0.385. The topological polar surface area (TPSA) is 41.9 Å². The highest BCUT2D eigenvalue weighted by Gasteiger charge is 2.56. The van der Waals surface area contributed by atoms with Gasteiger partial charge in [-0.15, -0.1) is 0 Å². The maximum Gasteiger partial charge on any atom is 0.236 e. The van der Waals surface area contributed by atoms with Crippen molar-refractivity contribution in [3.8, 4) is 0 Å². The van der Waals surface area contributed by atoms with E-state index in [-0.39, 0.29) is 34.8 Å². The van der Waals surface area contributed by atoms with Gasteiger partial charge in [-0.1, -0.05) is 55.1 Å². The normalized spacial score (nSPS) is 26.5. The second-order valence-corrected chi connectivity index (χ2v) is 15.6. The number of carbonyl (C=O) groups excluding carboxylic acids is 1. The number of fused-ring (bicyclic) bond motifs is 1. The van der Waals surface area contributed by atoms with Crippen molar-refractivity contribution in [2.24, 2.45) is 10.9 Å². The summed E-state index contributed by atoms with van der Waals surface area (Å²) in [5, 5.41) is 0.759. The smallest absolute Gasteiger partial charge is 0.236 e. The Kier molecular flexibility index (Phi) is 6.68. The first-order chi connectivity index (χ1) is 13.4. The average Bonchev–Trinajstić information content (AvgIpc) is 2.61. The molecule has 2 fully saturated rings. The van der Waals surface area contributed by atoms with Gasteiger partial charge in [-0.2, -0.15) is 0 Å². The lowest BCUT2D eigenvalue weighted by Crippen LogP contribution is -2.68. The number of β-lactam (4-membered cyclic amide) rings is 1. The molecule has 0 unspecified atom stereocenters. The van der Waals surface area contributed by atoms with Crippen LogP contribution in [0.15, 0.2) is 38.2 Å². The summed E-state index contributed by atoms with van der Waals surface area (Å²) >= 11 is 3.75. The Bertz CT molecular complexity index is 851. The number of benzene rings is 1. The van der Waals surface area contributed by atoms with Crippen LogP contribution in [0.5, 0.6) is 0 Å². The van der Waals surface area contributed by atoms with Gasteiger partial charge in [0.25, 0.3) is 0 Å². The van der Waals surface area contributed by atoms with Gasteiger partial charge >= 0.3 is 0 Å². The summed E-state index contributed by atoms with van der Waals surface area (Å²) in [6.45, 7) is 13.1. The van der Waals surface area contributed by atoms with Gasteiger partial charge in [-0.3, -0.25) is 9.69 Å².